The van der Waals surface area contributed by atoms with Gasteiger partial charge in [-0.2, -0.15) is 12.6 Å². The molecule has 0 unspecified atom stereocenters. The molecule has 0 bridgehead atoms. The zero-order chi connectivity index (χ0) is 12.6. The Bertz CT molecular complexity index is 197. The molecule has 1 saturated heterocycles. The molecule has 0 N–H and O–H groups in total. The molecule has 1 fully saturated rings. The van der Waals surface area contributed by atoms with Crippen molar-refractivity contribution < 1.29 is 13.3 Å². The second kappa shape index (κ2) is 8.50. The van der Waals surface area contributed by atoms with Crippen molar-refractivity contribution in [2.24, 2.45) is 0 Å². The van der Waals surface area contributed by atoms with Crippen molar-refractivity contribution >= 4 is 21.4 Å². The predicted octanol–water partition coefficient (Wildman–Crippen LogP) is 1.65. The Morgan fingerprint density at radius 3 is 2.29 bits per heavy atom. The van der Waals surface area contributed by atoms with Crippen LogP contribution in [0.1, 0.15) is 19.3 Å². The largest absolute Gasteiger partial charge is 0.500 e. The van der Waals surface area contributed by atoms with E-state index in [-0.39, 0.29) is 0 Å². The summed E-state index contributed by atoms with van der Waals surface area (Å²) in [5, 5.41) is 0. The van der Waals surface area contributed by atoms with Crippen molar-refractivity contribution in [2.45, 2.75) is 25.3 Å². The Hall–Kier alpha value is 0.407. The van der Waals surface area contributed by atoms with Crippen molar-refractivity contribution in [2.75, 3.05) is 46.2 Å². The van der Waals surface area contributed by atoms with Crippen LogP contribution < -0.4 is 0 Å². The maximum absolute atomic E-state index is 5.94. The van der Waals surface area contributed by atoms with E-state index in [1.165, 1.54) is 0 Å². The van der Waals surface area contributed by atoms with Gasteiger partial charge in [0.25, 0.3) is 0 Å². The van der Waals surface area contributed by atoms with Gasteiger partial charge in [-0.15, -0.1) is 0 Å². The van der Waals surface area contributed by atoms with Crippen molar-refractivity contribution in [3.05, 3.63) is 0 Å². The minimum Gasteiger partial charge on any atom is -0.377 e. The monoisotopic (exact) mass is 279 g/mol. The minimum atomic E-state index is -2.40. The Labute approximate surface area is 111 Å². The first-order valence-electron chi connectivity index (χ1n) is 6.35. The summed E-state index contributed by atoms with van der Waals surface area (Å²) in [7, 11) is 1.45. The Morgan fingerprint density at radius 1 is 1.24 bits per heavy atom. The van der Waals surface area contributed by atoms with Crippen LogP contribution in [0, 0.1) is 0 Å². The summed E-state index contributed by atoms with van der Waals surface area (Å²) >= 11 is 4.24. The average molecular weight is 279 g/mol. The van der Waals surface area contributed by atoms with Crippen LogP contribution in [0.5, 0.6) is 0 Å². The van der Waals surface area contributed by atoms with Gasteiger partial charge in [-0.3, -0.25) is 0 Å². The van der Waals surface area contributed by atoms with Gasteiger partial charge in [-0.05, 0) is 45.2 Å². The average Bonchev–Trinajstić information content (AvgIpc) is 2.36. The van der Waals surface area contributed by atoms with Crippen molar-refractivity contribution in [1.82, 2.24) is 4.90 Å². The first kappa shape index (κ1) is 15.5. The molecule has 0 radical (unpaired) electrons. The van der Waals surface area contributed by atoms with Crippen LogP contribution in [0.4, 0.5) is 0 Å². The highest BCUT2D eigenvalue weighted by Gasteiger charge is 2.39. The second-order valence-electron chi connectivity index (χ2n) is 4.42. The van der Waals surface area contributed by atoms with E-state index >= 15 is 0 Å². The molecule has 0 saturated carbocycles. The van der Waals surface area contributed by atoms with Crippen LogP contribution >= 0.6 is 12.6 Å². The number of thiol groups is 1. The lowest BCUT2D eigenvalue weighted by atomic mass is 10.3. The van der Waals surface area contributed by atoms with Crippen LogP contribution in [0.15, 0.2) is 0 Å². The molecule has 0 aromatic carbocycles. The highest BCUT2D eigenvalue weighted by atomic mass is 32.1. The van der Waals surface area contributed by atoms with Crippen LogP contribution in [0.3, 0.4) is 0 Å². The summed E-state index contributed by atoms with van der Waals surface area (Å²) in [4.78, 5) is 2.32. The number of rotatable bonds is 4. The third-order valence-electron chi connectivity index (χ3n) is 2.96. The lowest BCUT2D eigenvalue weighted by molar-refractivity contribution is 0.0641. The zero-order valence-corrected chi connectivity index (χ0v) is 12.9. The molecule has 0 aromatic rings. The normalized spacial score (nSPS) is 23.5. The van der Waals surface area contributed by atoms with Gasteiger partial charge in [0, 0.05) is 26.4 Å². The van der Waals surface area contributed by atoms with Crippen LogP contribution in [0.25, 0.3) is 0 Å². The minimum absolute atomic E-state index is 0.733. The molecule has 0 atom stereocenters. The zero-order valence-electron chi connectivity index (χ0n) is 11.0. The molecule has 6 heteroatoms. The maximum Gasteiger partial charge on any atom is 0.500 e. The van der Waals surface area contributed by atoms with Crippen molar-refractivity contribution in [1.29, 1.82) is 0 Å². The number of hydrogen-bond acceptors (Lipinski definition) is 5. The second-order valence-corrected chi connectivity index (χ2v) is 7.72. The predicted molar refractivity (Wildman–Crippen MR) is 74.7 cm³/mol. The highest BCUT2D eigenvalue weighted by molar-refractivity contribution is 7.80. The Balaban J connectivity index is 2.49. The van der Waals surface area contributed by atoms with Gasteiger partial charge in [0.2, 0.25) is 0 Å². The fourth-order valence-electron chi connectivity index (χ4n) is 1.94. The fourth-order valence-corrected chi connectivity index (χ4v) is 4.73. The summed E-state index contributed by atoms with van der Waals surface area (Å²) < 4.78 is 17.5. The van der Waals surface area contributed by atoms with Gasteiger partial charge in [-0.1, -0.05) is 0 Å². The lowest BCUT2D eigenvalue weighted by Crippen LogP contribution is -2.46. The molecule has 1 heterocycles. The van der Waals surface area contributed by atoms with Crippen LogP contribution in [0.2, 0.25) is 6.04 Å². The summed E-state index contributed by atoms with van der Waals surface area (Å²) in [6.45, 7) is 3.63. The molecule has 4 nitrogen and oxygen atoms in total. The molecule has 0 aromatic heterocycles. The van der Waals surface area contributed by atoms with Gasteiger partial charge in [0.05, 0.1) is 0 Å². The molecule has 1 rings (SSSR count). The van der Waals surface area contributed by atoms with E-state index in [1.807, 2.05) is 0 Å². The Kier molecular flexibility index (Phi) is 7.73. The first-order chi connectivity index (χ1) is 8.22. The SMILES string of the molecule is CO[Si]1(CCCS)OCCCN(C)CCCO1. The van der Waals surface area contributed by atoms with E-state index in [0.717, 1.165) is 57.4 Å². The third kappa shape index (κ3) is 5.72. The van der Waals surface area contributed by atoms with E-state index < -0.39 is 8.80 Å². The van der Waals surface area contributed by atoms with Crippen molar-refractivity contribution in [3.63, 3.8) is 0 Å². The number of hydrogen-bond donors (Lipinski definition) is 1. The third-order valence-corrected chi connectivity index (χ3v) is 6.16. The maximum atomic E-state index is 5.94. The Morgan fingerprint density at radius 2 is 1.82 bits per heavy atom. The van der Waals surface area contributed by atoms with E-state index in [1.54, 1.807) is 7.11 Å². The van der Waals surface area contributed by atoms with Gasteiger partial charge in [0.15, 0.2) is 0 Å². The number of nitrogens with zero attached hydrogens (tertiary/aromatic N) is 1. The van der Waals surface area contributed by atoms with Gasteiger partial charge < -0.3 is 18.2 Å². The highest BCUT2D eigenvalue weighted by Crippen LogP contribution is 2.19. The molecule has 1 aliphatic heterocycles. The molecular weight excluding hydrogens is 254 g/mol. The fraction of sp³-hybridized carbons (Fsp3) is 1.00. The molecule has 17 heavy (non-hydrogen) atoms. The van der Waals surface area contributed by atoms with Gasteiger partial charge >= 0.3 is 8.80 Å². The molecule has 0 amide bonds. The quantitative estimate of drug-likeness (QED) is 0.626. The van der Waals surface area contributed by atoms with Crippen LogP contribution in [-0.2, 0) is 13.3 Å². The van der Waals surface area contributed by atoms with E-state index in [4.69, 9.17) is 13.3 Å². The molecule has 0 aliphatic carbocycles. The molecule has 0 spiro atoms. The summed E-state index contributed by atoms with van der Waals surface area (Å²) in [5.41, 5.74) is 0. The van der Waals surface area contributed by atoms with E-state index in [9.17, 15) is 0 Å². The lowest BCUT2D eigenvalue weighted by Gasteiger charge is -2.30. The summed E-state index contributed by atoms with van der Waals surface area (Å²) in [5.74, 6) is 0.855. The van der Waals surface area contributed by atoms with E-state index in [0.29, 0.717) is 0 Å². The molecular formula is C11H25NO3SSi. The standard InChI is InChI=1S/C11H25NO3SSi/c1-12-6-3-8-14-17(13-2,11-5-10-16)15-9-4-7-12/h16H,3-11H2,1-2H3. The first-order valence-corrected chi connectivity index (χ1v) is 8.91. The molecule has 1 aliphatic rings. The van der Waals surface area contributed by atoms with Crippen molar-refractivity contribution in [3.8, 4) is 0 Å². The van der Waals surface area contributed by atoms with E-state index in [2.05, 4.69) is 24.6 Å². The molecule has 102 valence electrons. The smallest absolute Gasteiger partial charge is 0.377 e. The van der Waals surface area contributed by atoms with Gasteiger partial charge in [0.1, 0.15) is 0 Å². The van der Waals surface area contributed by atoms with Crippen LogP contribution in [-0.4, -0.2) is 59.9 Å². The summed E-state index contributed by atoms with van der Waals surface area (Å²) in [6.07, 6.45) is 3.07. The summed E-state index contributed by atoms with van der Waals surface area (Å²) in [6, 6.07) is 0.878. The van der Waals surface area contributed by atoms with Gasteiger partial charge in [-0.25, -0.2) is 0 Å². The topological polar surface area (TPSA) is 30.9 Å².